The highest BCUT2D eigenvalue weighted by atomic mass is 16.7. The minimum absolute atomic E-state index is 0.325. The normalized spacial score (nSPS) is 11.0. The lowest BCUT2D eigenvalue weighted by atomic mass is 10.3. The van der Waals surface area contributed by atoms with E-state index in [4.69, 9.17) is 9.47 Å². The minimum Gasteiger partial charge on any atom is -0.395 e. The first-order chi connectivity index (χ1) is 8.76. The first-order valence-corrected chi connectivity index (χ1v) is 5.33. The molecule has 0 atom stereocenters. The molecule has 0 heterocycles. The van der Waals surface area contributed by atoms with Gasteiger partial charge in [0.15, 0.2) is 0 Å². The maximum absolute atomic E-state index is 11.5. The Balaban J connectivity index is 2.62. The van der Waals surface area contributed by atoms with E-state index in [0.29, 0.717) is 11.5 Å². The van der Waals surface area contributed by atoms with Crippen molar-refractivity contribution in [2.45, 2.75) is 0 Å². The van der Waals surface area contributed by atoms with Crippen molar-refractivity contribution < 1.29 is 14.3 Å². The van der Waals surface area contributed by atoms with E-state index in [0.717, 1.165) is 0 Å². The van der Waals surface area contributed by atoms with Crippen LogP contribution in [-0.2, 0) is 4.74 Å². The number of para-hydroxylation sites is 1. The molecule has 0 bridgehead atoms. The molecule has 0 N–H and O–H groups in total. The van der Waals surface area contributed by atoms with Gasteiger partial charge >= 0.3 is 6.16 Å². The SMILES string of the molecule is C=C/C=C\C(=C/C=C)OC(=O)Oc1ccccc1. The van der Waals surface area contributed by atoms with E-state index < -0.39 is 6.16 Å². The van der Waals surface area contributed by atoms with E-state index in [1.54, 1.807) is 48.6 Å². The number of carbonyl (C=O) groups is 1. The summed E-state index contributed by atoms with van der Waals surface area (Å²) in [5, 5.41) is 0. The molecule has 1 aromatic carbocycles. The van der Waals surface area contributed by atoms with Gasteiger partial charge in [-0.3, -0.25) is 0 Å². The third kappa shape index (κ3) is 4.99. The Kier molecular flexibility index (Phi) is 5.77. The van der Waals surface area contributed by atoms with Crippen molar-refractivity contribution in [1.82, 2.24) is 0 Å². The maximum atomic E-state index is 11.5. The van der Waals surface area contributed by atoms with Gasteiger partial charge in [0, 0.05) is 0 Å². The smallest absolute Gasteiger partial charge is 0.395 e. The average Bonchev–Trinajstić information content (AvgIpc) is 2.37. The molecule has 92 valence electrons. The Bertz CT molecular complexity index is 470. The molecule has 0 aromatic heterocycles. The van der Waals surface area contributed by atoms with E-state index in [-0.39, 0.29) is 0 Å². The van der Waals surface area contributed by atoms with Gasteiger partial charge in [-0.05, 0) is 24.3 Å². The number of rotatable bonds is 5. The molecule has 18 heavy (non-hydrogen) atoms. The number of hydrogen-bond donors (Lipinski definition) is 0. The molecular formula is C15H14O3. The van der Waals surface area contributed by atoms with Crippen molar-refractivity contribution in [2.24, 2.45) is 0 Å². The van der Waals surface area contributed by atoms with Gasteiger partial charge in [-0.2, -0.15) is 0 Å². The van der Waals surface area contributed by atoms with Crippen molar-refractivity contribution in [1.29, 1.82) is 0 Å². The Morgan fingerprint density at radius 3 is 2.44 bits per heavy atom. The summed E-state index contributed by atoms with van der Waals surface area (Å²) < 4.78 is 9.97. The van der Waals surface area contributed by atoms with Gasteiger partial charge in [-0.1, -0.05) is 49.6 Å². The molecule has 0 radical (unpaired) electrons. The zero-order chi connectivity index (χ0) is 13.2. The second-order valence-electron chi connectivity index (χ2n) is 3.17. The highest BCUT2D eigenvalue weighted by molar-refractivity contribution is 5.65. The van der Waals surface area contributed by atoms with E-state index in [1.807, 2.05) is 6.07 Å². The van der Waals surface area contributed by atoms with Crippen LogP contribution in [0.1, 0.15) is 0 Å². The van der Waals surface area contributed by atoms with Gasteiger partial charge in [0.2, 0.25) is 0 Å². The van der Waals surface area contributed by atoms with Gasteiger partial charge in [-0.15, -0.1) is 0 Å². The van der Waals surface area contributed by atoms with Crippen molar-refractivity contribution >= 4 is 6.16 Å². The van der Waals surface area contributed by atoms with Crippen molar-refractivity contribution in [3.63, 3.8) is 0 Å². The Morgan fingerprint density at radius 1 is 1.11 bits per heavy atom. The minimum atomic E-state index is -0.803. The molecule has 0 amide bonds. The second kappa shape index (κ2) is 7.68. The van der Waals surface area contributed by atoms with E-state index in [2.05, 4.69) is 13.2 Å². The maximum Gasteiger partial charge on any atom is 0.519 e. The van der Waals surface area contributed by atoms with Crippen LogP contribution < -0.4 is 4.74 Å². The molecule has 0 unspecified atom stereocenters. The highest BCUT2D eigenvalue weighted by Crippen LogP contribution is 2.11. The predicted molar refractivity (Wildman–Crippen MR) is 71.2 cm³/mol. The van der Waals surface area contributed by atoms with Gasteiger partial charge in [-0.25, -0.2) is 4.79 Å². The standard InChI is InChI=1S/C15H14O3/c1-3-5-10-13(9-4-2)17-15(16)18-14-11-7-6-8-12-14/h3-12H,1-2H2/b10-5-,13-9+. The van der Waals surface area contributed by atoms with Crippen LogP contribution in [0.15, 0.2) is 79.6 Å². The molecule has 0 spiro atoms. The molecule has 0 aliphatic carbocycles. The van der Waals surface area contributed by atoms with E-state index >= 15 is 0 Å². The van der Waals surface area contributed by atoms with Gasteiger partial charge in [0.1, 0.15) is 11.5 Å². The van der Waals surface area contributed by atoms with Crippen LogP contribution in [0.4, 0.5) is 4.79 Å². The molecule has 0 saturated heterocycles. The Morgan fingerprint density at radius 2 is 1.83 bits per heavy atom. The molecule has 0 saturated carbocycles. The fraction of sp³-hybridized carbons (Fsp3) is 0. The topological polar surface area (TPSA) is 35.5 Å². The number of hydrogen-bond acceptors (Lipinski definition) is 3. The monoisotopic (exact) mass is 242 g/mol. The first kappa shape index (κ1) is 13.5. The summed E-state index contributed by atoms with van der Waals surface area (Å²) in [5.41, 5.74) is 0. The fourth-order valence-corrected chi connectivity index (χ4v) is 1.10. The molecule has 0 aliphatic rings. The van der Waals surface area contributed by atoms with Crippen molar-refractivity contribution in [3.05, 3.63) is 79.6 Å². The fourth-order valence-electron chi connectivity index (χ4n) is 1.10. The van der Waals surface area contributed by atoms with Gasteiger partial charge in [0.05, 0.1) is 0 Å². The zero-order valence-corrected chi connectivity index (χ0v) is 9.91. The number of allylic oxidation sites excluding steroid dienone is 5. The summed E-state index contributed by atoms with van der Waals surface area (Å²) in [7, 11) is 0. The predicted octanol–water partition coefficient (Wildman–Crippen LogP) is 4.01. The van der Waals surface area contributed by atoms with Crippen LogP contribution >= 0.6 is 0 Å². The Hall–Kier alpha value is -2.55. The summed E-state index contributed by atoms with van der Waals surface area (Å²) >= 11 is 0. The zero-order valence-electron chi connectivity index (χ0n) is 9.91. The third-order valence-corrected chi connectivity index (χ3v) is 1.82. The Labute approximate surface area is 106 Å². The van der Waals surface area contributed by atoms with Crippen LogP contribution in [0.5, 0.6) is 5.75 Å². The lowest BCUT2D eigenvalue weighted by Crippen LogP contribution is -2.09. The van der Waals surface area contributed by atoms with Gasteiger partial charge < -0.3 is 9.47 Å². The molecular weight excluding hydrogens is 228 g/mol. The second-order valence-corrected chi connectivity index (χ2v) is 3.17. The molecule has 0 fully saturated rings. The third-order valence-electron chi connectivity index (χ3n) is 1.82. The number of benzene rings is 1. The van der Waals surface area contributed by atoms with Crippen LogP contribution in [0.2, 0.25) is 0 Å². The lowest BCUT2D eigenvalue weighted by Gasteiger charge is -2.05. The van der Waals surface area contributed by atoms with Crippen molar-refractivity contribution in [2.75, 3.05) is 0 Å². The summed E-state index contributed by atoms with van der Waals surface area (Å²) in [6, 6.07) is 8.69. The van der Waals surface area contributed by atoms with E-state index in [1.165, 1.54) is 6.08 Å². The molecule has 1 aromatic rings. The first-order valence-electron chi connectivity index (χ1n) is 5.33. The van der Waals surface area contributed by atoms with Gasteiger partial charge in [0.25, 0.3) is 0 Å². The van der Waals surface area contributed by atoms with Crippen LogP contribution in [-0.4, -0.2) is 6.16 Å². The largest absolute Gasteiger partial charge is 0.519 e. The summed E-state index contributed by atoms with van der Waals surface area (Å²) in [6.07, 6.45) is 7.06. The number of ether oxygens (including phenoxy) is 2. The van der Waals surface area contributed by atoms with Crippen molar-refractivity contribution in [3.8, 4) is 5.75 Å². The summed E-state index contributed by atoms with van der Waals surface area (Å²) in [4.78, 5) is 11.5. The van der Waals surface area contributed by atoms with E-state index in [9.17, 15) is 4.79 Å². The molecule has 0 aliphatic heterocycles. The molecule has 3 nitrogen and oxygen atoms in total. The average molecular weight is 242 g/mol. The van der Waals surface area contributed by atoms with Crippen LogP contribution in [0, 0.1) is 0 Å². The summed E-state index contributed by atoms with van der Waals surface area (Å²) in [6.45, 7) is 7.06. The molecule has 1 rings (SSSR count). The summed E-state index contributed by atoms with van der Waals surface area (Å²) in [5.74, 6) is 0.749. The highest BCUT2D eigenvalue weighted by Gasteiger charge is 2.07. The van der Waals surface area contributed by atoms with Crippen LogP contribution in [0.3, 0.4) is 0 Å². The number of carbonyl (C=O) groups excluding carboxylic acids is 1. The quantitative estimate of drug-likeness (QED) is 0.338. The van der Waals surface area contributed by atoms with Crippen LogP contribution in [0.25, 0.3) is 0 Å². The lowest BCUT2D eigenvalue weighted by molar-refractivity contribution is 0.129. The molecule has 3 heteroatoms.